The topological polar surface area (TPSA) is 76.7 Å². The van der Waals surface area contributed by atoms with Crippen molar-refractivity contribution in [1.82, 2.24) is 10.9 Å². The minimum absolute atomic E-state index is 0.230. The molecule has 2 N–H and O–H groups in total. The number of nitrogens with one attached hydrogen (secondary N) is 2. The molecule has 0 saturated carbocycles. The van der Waals surface area contributed by atoms with Gasteiger partial charge >= 0.3 is 0 Å². The summed E-state index contributed by atoms with van der Waals surface area (Å²) in [5.74, 6) is 0.670. The van der Waals surface area contributed by atoms with Gasteiger partial charge in [0, 0.05) is 17.3 Å². The van der Waals surface area contributed by atoms with Gasteiger partial charge in [-0.05, 0) is 62.9 Å². The summed E-state index contributed by atoms with van der Waals surface area (Å²) in [7, 11) is 0. The number of hydrogen-bond acceptors (Lipinski definition) is 5. The third-order valence-electron chi connectivity index (χ3n) is 5.11. The van der Waals surface area contributed by atoms with Crippen molar-refractivity contribution in [1.29, 1.82) is 0 Å². The number of benzene rings is 2. The molecule has 160 valence electrons. The molecule has 0 bridgehead atoms. The van der Waals surface area contributed by atoms with E-state index in [0.29, 0.717) is 11.3 Å². The average molecular weight is 429 g/mol. The number of carbonyl (C=O) groups excluding carboxylic acids is 2. The Morgan fingerprint density at radius 2 is 1.97 bits per heavy atom. The smallest absolute Gasteiger partial charge is 0.279 e. The zero-order chi connectivity index (χ0) is 21.5. The Hall–Kier alpha value is -2.51. The lowest BCUT2D eigenvalue weighted by Gasteiger charge is -2.18. The van der Waals surface area contributed by atoms with Crippen molar-refractivity contribution in [3.05, 3.63) is 59.2 Å². The van der Waals surface area contributed by atoms with E-state index in [-0.39, 0.29) is 12.0 Å². The van der Waals surface area contributed by atoms with E-state index in [4.69, 9.17) is 9.47 Å². The Balaban J connectivity index is 1.54. The lowest BCUT2D eigenvalue weighted by Crippen LogP contribution is -2.47. The van der Waals surface area contributed by atoms with Crippen LogP contribution < -0.4 is 15.6 Å². The molecular formula is C23H28N2O4S. The van der Waals surface area contributed by atoms with Gasteiger partial charge in [-0.25, -0.2) is 0 Å². The number of hydrogen-bond donors (Lipinski definition) is 2. The van der Waals surface area contributed by atoms with Crippen molar-refractivity contribution < 1.29 is 19.1 Å². The molecule has 2 atom stereocenters. The molecular weight excluding hydrogens is 400 g/mol. The molecule has 1 saturated heterocycles. The number of ether oxygens (including phenoxy) is 2. The molecule has 30 heavy (non-hydrogen) atoms. The van der Waals surface area contributed by atoms with E-state index in [1.165, 1.54) is 0 Å². The van der Waals surface area contributed by atoms with E-state index in [1.807, 2.05) is 44.2 Å². The zero-order valence-corrected chi connectivity index (χ0v) is 18.4. The summed E-state index contributed by atoms with van der Waals surface area (Å²) < 4.78 is 11.4. The second-order valence-corrected chi connectivity index (χ2v) is 8.41. The van der Waals surface area contributed by atoms with Crippen LogP contribution in [0.15, 0.2) is 47.4 Å². The Morgan fingerprint density at radius 3 is 2.73 bits per heavy atom. The second kappa shape index (κ2) is 10.5. The van der Waals surface area contributed by atoms with Crippen LogP contribution in [0.5, 0.6) is 5.75 Å². The van der Waals surface area contributed by atoms with E-state index in [1.54, 1.807) is 30.8 Å². The molecule has 2 unspecified atom stereocenters. The Bertz CT molecular complexity index is 897. The molecule has 0 spiro atoms. The van der Waals surface area contributed by atoms with Gasteiger partial charge < -0.3 is 9.47 Å². The van der Waals surface area contributed by atoms with Crippen molar-refractivity contribution in [3.63, 3.8) is 0 Å². The molecule has 2 amide bonds. The molecule has 0 radical (unpaired) electrons. The highest BCUT2D eigenvalue weighted by atomic mass is 32.2. The standard InChI is InChI=1S/C23H28N2O4S/c1-15-8-6-11-20(16(15)2)29-17(3)22(26)24-25-23(27)19-10-4-5-12-21(19)30-14-18-9-7-13-28-18/h4-6,8,10-12,17-18H,7,9,13-14H2,1-3H3,(H,24,26)(H,25,27). The fraction of sp³-hybridized carbons (Fsp3) is 0.391. The SMILES string of the molecule is Cc1cccc(OC(C)C(=O)NNC(=O)c2ccccc2SCC2CCCO2)c1C. The van der Waals surface area contributed by atoms with Crippen LogP contribution in [-0.4, -0.2) is 36.4 Å². The van der Waals surface area contributed by atoms with Crippen LogP contribution >= 0.6 is 11.8 Å². The second-order valence-electron chi connectivity index (χ2n) is 7.34. The van der Waals surface area contributed by atoms with Gasteiger partial charge in [-0.2, -0.15) is 0 Å². The molecule has 6 nitrogen and oxygen atoms in total. The summed E-state index contributed by atoms with van der Waals surface area (Å²) in [6.07, 6.45) is 1.61. The third-order valence-corrected chi connectivity index (χ3v) is 6.31. The maximum atomic E-state index is 12.6. The minimum Gasteiger partial charge on any atom is -0.481 e. The first-order valence-corrected chi connectivity index (χ1v) is 11.1. The summed E-state index contributed by atoms with van der Waals surface area (Å²) in [5.41, 5.74) is 7.55. The first-order chi connectivity index (χ1) is 14.5. The molecule has 3 rings (SSSR count). The predicted molar refractivity (Wildman–Crippen MR) is 118 cm³/mol. The number of thioether (sulfide) groups is 1. The third kappa shape index (κ3) is 5.77. The first-order valence-electron chi connectivity index (χ1n) is 10.1. The summed E-state index contributed by atoms with van der Waals surface area (Å²) >= 11 is 1.59. The predicted octanol–water partition coefficient (Wildman–Crippen LogP) is 3.80. The van der Waals surface area contributed by atoms with Gasteiger partial charge in [-0.3, -0.25) is 20.4 Å². The highest BCUT2D eigenvalue weighted by Crippen LogP contribution is 2.26. The number of hydrazine groups is 1. The van der Waals surface area contributed by atoms with E-state index in [9.17, 15) is 9.59 Å². The molecule has 1 aliphatic rings. The van der Waals surface area contributed by atoms with Crippen LogP contribution in [0.25, 0.3) is 0 Å². The van der Waals surface area contributed by atoms with Gasteiger partial charge in [0.05, 0.1) is 11.7 Å². The summed E-state index contributed by atoms with van der Waals surface area (Å²) in [5, 5.41) is 0. The highest BCUT2D eigenvalue weighted by Gasteiger charge is 2.20. The van der Waals surface area contributed by atoms with Gasteiger partial charge in [-0.1, -0.05) is 24.3 Å². The number of rotatable bonds is 7. The van der Waals surface area contributed by atoms with Gasteiger partial charge in [-0.15, -0.1) is 11.8 Å². The first kappa shape index (κ1) is 22.2. The monoisotopic (exact) mass is 428 g/mol. The van der Waals surface area contributed by atoms with Crippen molar-refractivity contribution in [2.75, 3.05) is 12.4 Å². The zero-order valence-electron chi connectivity index (χ0n) is 17.6. The minimum atomic E-state index is -0.755. The van der Waals surface area contributed by atoms with Gasteiger partial charge in [0.1, 0.15) is 5.75 Å². The van der Waals surface area contributed by atoms with Crippen LogP contribution in [-0.2, 0) is 9.53 Å². The van der Waals surface area contributed by atoms with Crippen LogP contribution in [0.2, 0.25) is 0 Å². The van der Waals surface area contributed by atoms with E-state index in [0.717, 1.165) is 41.2 Å². The number of carbonyl (C=O) groups is 2. The Kier molecular flexibility index (Phi) is 7.76. The lowest BCUT2D eigenvalue weighted by molar-refractivity contribution is -0.128. The van der Waals surface area contributed by atoms with E-state index in [2.05, 4.69) is 10.9 Å². The summed E-state index contributed by atoms with van der Waals surface area (Å²) in [6.45, 7) is 6.39. The Morgan fingerprint density at radius 1 is 1.17 bits per heavy atom. The van der Waals surface area contributed by atoms with Crippen LogP contribution in [0.1, 0.15) is 41.3 Å². The summed E-state index contributed by atoms with van der Waals surface area (Å²) in [4.78, 5) is 25.9. The van der Waals surface area contributed by atoms with Crippen LogP contribution in [0.4, 0.5) is 0 Å². The van der Waals surface area contributed by atoms with Crippen molar-refractivity contribution >= 4 is 23.6 Å². The average Bonchev–Trinajstić information content (AvgIpc) is 3.27. The van der Waals surface area contributed by atoms with Gasteiger partial charge in [0.25, 0.3) is 11.8 Å². The summed E-state index contributed by atoms with van der Waals surface area (Å²) in [6, 6.07) is 13.0. The van der Waals surface area contributed by atoms with E-state index >= 15 is 0 Å². The van der Waals surface area contributed by atoms with E-state index < -0.39 is 12.0 Å². The van der Waals surface area contributed by atoms with Gasteiger partial charge in [0.2, 0.25) is 0 Å². The van der Waals surface area contributed by atoms with Crippen molar-refractivity contribution in [3.8, 4) is 5.75 Å². The van der Waals surface area contributed by atoms with Gasteiger partial charge in [0.15, 0.2) is 6.10 Å². The fourth-order valence-electron chi connectivity index (χ4n) is 3.12. The molecule has 2 aromatic rings. The molecule has 0 aliphatic carbocycles. The normalized spacial score (nSPS) is 16.7. The maximum absolute atomic E-state index is 12.6. The molecule has 7 heteroatoms. The number of amides is 2. The quantitative estimate of drug-likeness (QED) is 0.518. The number of aryl methyl sites for hydroxylation is 1. The van der Waals surface area contributed by atoms with Crippen molar-refractivity contribution in [2.45, 2.75) is 50.7 Å². The maximum Gasteiger partial charge on any atom is 0.279 e. The Labute approximate surface area is 181 Å². The molecule has 1 heterocycles. The highest BCUT2D eigenvalue weighted by molar-refractivity contribution is 7.99. The fourth-order valence-corrected chi connectivity index (χ4v) is 4.24. The van der Waals surface area contributed by atoms with Crippen LogP contribution in [0.3, 0.4) is 0 Å². The molecule has 0 aromatic heterocycles. The lowest BCUT2D eigenvalue weighted by atomic mass is 10.1. The molecule has 1 fully saturated rings. The van der Waals surface area contributed by atoms with Crippen LogP contribution in [0, 0.1) is 13.8 Å². The largest absolute Gasteiger partial charge is 0.481 e. The van der Waals surface area contributed by atoms with Crippen molar-refractivity contribution in [2.24, 2.45) is 0 Å². The molecule has 1 aliphatic heterocycles. The molecule has 2 aromatic carbocycles.